The van der Waals surface area contributed by atoms with Crippen LogP contribution >= 0.6 is 11.8 Å². The van der Waals surface area contributed by atoms with Crippen LogP contribution in [0.25, 0.3) is 0 Å². The number of thioether (sulfide) groups is 1. The fourth-order valence-corrected chi connectivity index (χ4v) is 3.86. The first-order valence-electron chi connectivity index (χ1n) is 6.14. The van der Waals surface area contributed by atoms with Gasteiger partial charge in [-0.05, 0) is 30.8 Å². The Morgan fingerprint density at radius 1 is 1.31 bits per heavy atom. The molecule has 0 radical (unpaired) electrons. The van der Waals surface area contributed by atoms with E-state index in [2.05, 4.69) is 21.3 Å². The van der Waals surface area contributed by atoms with Crippen molar-refractivity contribution in [2.45, 2.75) is 44.2 Å². The summed E-state index contributed by atoms with van der Waals surface area (Å²) in [5.74, 6) is 4.48. The van der Waals surface area contributed by atoms with Crippen LogP contribution in [0.1, 0.15) is 36.7 Å². The molecule has 0 spiro atoms. The Morgan fingerprint density at radius 2 is 2.12 bits per heavy atom. The topological polar surface area (TPSA) is 38.0 Å². The van der Waals surface area contributed by atoms with E-state index in [1.165, 1.54) is 35.9 Å². The van der Waals surface area contributed by atoms with Crippen LogP contribution in [0.5, 0.6) is 0 Å². The van der Waals surface area contributed by atoms with Gasteiger partial charge in [-0.3, -0.25) is 0 Å². The maximum absolute atomic E-state index is 9.63. The first kappa shape index (κ1) is 10.7. The van der Waals surface area contributed by atoms with Gasteiger partial charge in [-0.1, -0.05) is 0 Å². The summed E-state index contributed by atoms with van der Waals surface area (Å²) in [6.07, 6.45) is 6.03. The SMILES string of the molecule is OC1CCn2c(cnc2C2CCSCC2)C1. The maximum Gasteiger partial charge on any atom is 0.112 e. The average Bonchev–Trinajstić information content (AvgIpc) is 2.73. The zero-order chi connectivity index (χ0) is 11.0. The number of hydrogen-bond donors (Lipinski definition) is 1. The van der Waals surface area contributed by atoms with Crippen LogP contribution in [0.3, 0.4) is 0 Å². The van der Waals surface area contributed by atoms with Crippen molar-refractivity contribution in [2.75, 3.05) is 11.5 Å². The standard InChI is InChI=1S/C12H18N2OS/c15-11-1-4-14-10(7-11)8-13-12(14)9-2-5-16-6-3-9/h8-9,11,15H,1-7H2. The molecule has 1 aromatic heterocycles. The van der Waals surface area contributed by atoms with E-state index in [9.17, 15) is 5.11 Å². The number of hydrogen-bond acceptors (Lipinski definition) is 3. The Bertz CT molecular complexity index is 371. The van der Waals surface area contributed by atoms with Gasteiger partial charge in [0.25, 0.3) is 0 Å². The van der Waals surface area contributed by atoms with Crippen LogP contribution in [0.4, 0.5) is 0 Å². The molecule has 1 saturated heterocycles. The number of fused-ring (bicyclic) bond motifs is 1. The summed E-state index contributed by atoms with van der Waals surface area (Å²) < 4.78 is 2.35. The quantitative estimate of drug-likeness (QED) is 0.811. The molecule has 0 bridgehead atoms. The summed E-state index contributed by atoms with van der Waals surface area (Å²) in [6.45, 7) is 0.954. The molecule has 3 rings (SSSR count). The van der Waals surface area contributed by atoms with E-state index < -0.39 is 0 Å². The lowest BCUT2D eigenvalue weighted by molar-refractivity contribution is 0.142. The molecule has 1 atom stereocenters. The number of nitrogens with zero attached hydrogens (tertiary/aromatic N) is 2. The molecule has 1 N–H and O–H groups in total. The van der Waals surface area contributed by atoms with E-state index in [4.69, 9.17) is 0 Å². The molecule has 4 heteroatoms. The monoisotopic (exact) mass is 238 g/mol. The smallest absolute Gasteiger partial charge is 0.112 e. The van der Waals surface area contributed by atoms with Crippen LogP contribution in [-0.2, 0) is 13.0 Å². The van der Waals surface area contributed by atoms with Crippen LogP contribution in [0.15, 0.2) is 6.20 Å². The van der Waals surface area contributed by atoms with Gasteiger partial charge in [0.05, 0.1) is 6.10 Å². The first-order chi connectivity index (χ1) is 7.84. The second-order valence-corrected chi connectivity index (χ2v) is 6.02. The molecule has 1 unspecified atom stereocenters. The number of imidazole rings is 1. The fraction of sp³-hybridized carbons (Fsp3) is 0.750. The third kappa shape index (κ3) is 1.89. The maximum atomic E-state index is 9.63. The zero-order valence-corrected chi connectivity index (χ0v) is 10.2. The highest BCUT2D eigenvalue weighted by molar-refractivity contribution is 7.99. The normalized spacial score (nSPS) is 26.7. The molecule has 2 aliphatic rings. The Balaban J connectivity index is 1.85. The number of aliphatic hydroxyl groups excluding tert-OH is 1. The second kappa shape index (κ2) is 4.41. The molecule has 88 valence electrons. The van der Waals surface area contributed by atoms with Gasteiger partial charge >= 0.3 is 0 Å². The Labute approximate surface area is 100 Å². The molecule has 0 saturated carbocycles. The van der Waals surface area contributed by atoms with Gasteiger partial charge in [-0.15, -0.1) is 0 Å². The van der Waals surface area contributed by atoms with E-state index in [0.717, 1.165) is 19.4 Å². The van der Waals surface area contributed by atoms with Gasteiger partial charge in [-0.2, -0.15) is 11.8 Å². The molecular weight excluding hydrogens is 220 g/mol. The Morgan fingerprint density at radius 3 is 2.94 bits per heavy atom. The van der Waals surface area contributed by atoms with E-state index in [1.807, 2.05) is 6.20 Å². The number of aliphatic hydroxyl groups is 1. The van der Waals surface area contributed by atoms with Gasteiger partial charge in [0.2, 0.25) is 0 Å². The molecule has 0 amide bonds. The van der Waals surface area contributed by atoms with Crippen LogP contribution in [0, 0.1) is 0 Å². The highest BCUT2D eigenvalue weighted by Gasteiger charge is 2.25. The van der Waals surface area contributed by atoms with Gasteiger partial charge in [-0.25, -0.2) is 4.98 Å². The van der Waals surface area contributed by atoms with Crippen molar-refractivity contribution >= 4 is 11.8 Å². The zero-order valence-electron chi connectivity index (χ0n) is 9.43. The van der Waals surface area contributed by atoms with Crippen molar-refractivity contribution < 1.29 is 5.11 Å². The predicted molar refractivity (Wildman–Crippen MR) is 65.9 cm³/mol. The largest absolute Gasteiger partial charge is 0.393 e. The highest BCUT2D eigenvalue weighted by Crippen LogP contribution is 2.32. The fourth-order valence-electron chi connectivity index (χ4n) is 2.75. The lowest BCUT2D eigenvalue weighted by Gasteiger charge is -2.26. The minimum absolute atomic E-state index is 0.154. The van der Waals surface area contributed by atoms with Crippen molar-refractivity contribution in [2.24, 2.45) is 0 Å². The molecule has 3 heterocycles. The van der Waals surface area contributed by atoms with Crippen LogP contribution < -0.4 is 0 Å². The third-order valence-corrected chi connectivity index (χ3v) is 4.73. The summed E-state index contributed by atoms with van der Waals surface area (Å²) >= 11 is 2.06. The van der Waals surface area contributed by atoms with E-state index in [0.29, 0.717) is 5.92 Å². The highest BCUT2D eigenvalue weighted by atomic mass is 32.2. The Hall–Kier alpha value is -0.480. The van der Waals surface area contributed by atoms with Crippen molar-refractivity contribution in [3.8, 4) is 0 Å². The molecule has 3 nitrogen and oxygen atoms in total. The van der Waals surface area contributed by atoms with Crippen molar-refractivity contribution in [3.05, 3.63) is 17.7 Å². The van der Waals surface area contributed by atoms with Gasteiger partial charge in [0.15, 0.2) is 0 Å². The van der Waals surface area contributed by atoms with E-state index in [1.54, 1.807) is 0 Å². The molecule has 1 aromatic rings. The van der Waals surface area contributed by atoms with Gasteiger partial charge < -0.3 is 9.67 Å². The van der Waals surface area contributed by atoms with Crippen molar-refractivity contribution in [1.29, 1.82) is 0 Å². The Kier molecular flexibility index (Phi) is 2.94. The number of rotatable bonds is 1. The predicted octanol–water partition coefficient (Wildman–Crippen LogP) is 1.80. The average molecular weight is 238 g/mol. The van der Waals surface area contributed by atoms with E-state index in [-0.39, 0.29) is 6.10 Å². The molecular formula is C12H18N2OS. The number of aromatic nitrogens is 2. The first-order valence-corrected chi connectivity index (χ1v) is 7.30. The molecule has 0 aromatic carbocycles. The van der Waals surface area contributed by atoms with Gasteiger partial charge in [0.1, 0.15) is 5.82 Å². The molecule has 0 aliphatic carbocycles. The minimum Gasteiger partial charge on any atom is -0.393 e. The lowest BCUT2D eigenvalue weighted by Crippen LogP contribution is -2.25. The summed E-state index contributed by atoms with van der Waals surface area (Å²) in [5, 5.41) is 9.63. The summed E-state index contributed by atoms with van der Waals surface area (Å²) in [6, 6.07) is 0. The van der Waals surface area contributed by atoms with Crippen LogP contribution in [-0.4, -0.2) is 32.3 Å². The minimum atomic E-state index is -0.154. The van der Waals surface area contributed by atoms with Gasteiger partial charge in [0, 0.05) is 30.8 Å². The lowest BCUT2D eigenvalue weighted by atomic mass is 10.0. The van der Waals surface area contributed by atoms with Crippen LogP contribution in [0.2, 0.25) is 0 Å². The van der Waals surface area contributed by atoms with E-state index >= 15 is 0 Å². The van der Waals surface area contributed by atoms with Crippen molar-refractivity contribution in [1.82, 2.24) is 9.55 Å². The molecule has 1 fully saturated rings. The summed E-state index contributed by atoms with van der Waals surface area (Å²) in [5.41, 5.74) is 1.23. The molecule has 16 heavy (non-hydrogen) atoms. The second-order valence-electron chi connectivity index (χ2n) is 4.79. The third-order valence-electron chi connectivity index (χ3n) is 3.69. The summed E-state index contributed by atoms with van der Waals surface area (Å²) in [7, 11) is 0. The summed E-state index contributed by atoms with van der Waals surface area (Å²) in [4.78, 5) is 4.60. The van der Waals surface area contributed by atoms with Crippen molar-refractivity contribution in [3.63, 3.8) is 0 Å². The molecule has 2 aliphatic heterocycles.